The molecule has 2 amide bonds. The Bertz CT molecular complexity index is 1300. The van der Waals surface area contributed by atoms with Gasteiger partial charge in [0, 0.05) is 27.4 Å². The van der Waals surface area contributed by atoms with Gasteiger partial charge in [-0.05, 0) is 35.4 Å². The zero-order valence-corrected chi connectivity index (χ0v) is 13.9. The average molecular weight is 356 g/mol. The summed E-state index contributed by atoms with van der Waals surface area (Å²) in [6.45, 7) is 0. The number of aromatic nitrogens is 1. The maximum Gasteiger partial charge on any atom is 0.259 e. The molecule has 0 saturated heterocycles. The molecule has 0 unspecified atom stereocenters. The topological polar surface area (TPSA) is 99.3 Å². The highest BCUT2D eigenvalue weighted by atomic mass is 16.3. The van der Waals surface area contributed by atoms with Crippen LogP contribution >= 0.6 is 0 Å². The number of H-pyrrole nitrogens is 1. The van der Waals surface area contributed by atoms with Gasteiger partial charge in [0.1, 0.15) is 12.0 Å². The molecule has 0 spiro atoms. The summed E-state index contributed by atoms with van der Waals surface area (Å²) in [5.41, 5.74) is 3.90. The van der Waals surface area contributed by atoms with Crippen molar-refractivity contribution in [1.29, 1.82) is 0 Å². The maximum absolute atomic E-state index is 12.5. The quantitative estimate of drug-likeness (QED) is 0.379. The second-order valence-electron chi connectivity index (χ2n) is 6.47. The van der Waals surface area contributed by atoms with Gasteiger partial charge in [0.05, 0.1) is 11.1 Å². The number of carbonyl (C=O) groups excluding carboxylic acids is 3. The van der Waals surface area contributed by atoms with Crippen LogP contribution in [0.15, 0.2) is 48.5 Å². The number of phenols is 1. The molecule has 4 aromatic rings. The molecule has 6 heteroatoms. The largest absolute Gasteiger partial charge is 0.508 e. The molecule has 0 fully saturated rings. The minimum atomic E-state index is -0.462. The fourth-order valence-corrected chi connectivity index (χ4v) is 3.71. The lowest BCUT2D eigenvalue weighted by molar-refractivity contribution is 0.0880. The van der Waals surface area contributed by atoms with Gasteiger partial charge in [-0.1, -0.05) is 24.3 Å². The van der Waals surface area contributed by atoms with E-state index in [1.807, 2.05) is 6.07 Å². The van der Waals surface area contributed by atoms with Crippen LogP contribution in [0.5, 0.6) is 5.75 Å². The van der Waals surface area contributed by atoms with E-state index in [-0.39, 0.29) is 5.75 Å². The van der Waals surface area contributed by atoms with Crippen LogP contribution in [-0.2, 0) is 0 Å². The molecule has 0 atom stereocenters. The summed E-state index contributed by atoms with van der Waals surface area (Å²) < 4.78 is 0. The summed E-state index contributed by atoms with van der Waals surface area (Å²) in [4.78, 5) is 39.2. The van der Waals surface area contributed by atoms with Crippen molar-refractivity contribution in [2.24, 2.45) is 0 Å². The maximum atomic E-state index is 12.5. The molecule has 1 aliphatic heterocycles. The number of carbonyl (C=O) groups is 3. The number of hydrogen-bond donors (Lipinski definition) is 3. The Hall–Kier alpha value is -3.93. The van der Waals surface area contributed by atoms with E-state index in [0.717, 1.165) is 17.4 Å². The van der Waals surface area contributed by atoms with Gasteiger partial charge in [0.2, 0.25) is 0 Å². The SMILES string of the molecule is O=Cc1ccc(-c2cc3[nH]c4ccc(O)cc4c3c3c2C(=O)NC3=O)cc1. The number of aldehydes is 1. The van der Waals surface area contributed by atoms with Gasteiger partial charge in [-0.2, -0.15) is 0 Å². The molecule has 0 aliphatic carbocycles. The summed E-state index contributed by atoms with van der Waals surface area (Å²) >= 11 is 0. The molecule has 3 aromatic carbocycles. The van der Waals surface area contributed by atoms with Crippen LogP contribution < -0.4 is 5.32 Å². The van der Waals surface area contributed by atoms with Crippen molar-refractivity contribution in [3.8, 4) is 16.9 Å². The Kier molecular flexibility index (Phi) is 3.00. The summed E-state index contributed by atoms with van der Waals surface area (Å²) in [5.74, 6) is -0.841. The second kappa shape index (κ2) is 5.28. The molecule has 0 bridgehead atoms. The van der Waals surface area contributed by atoms with E-state index in [0.29, 0.717) is 38.5 Å². The number of rotatable bonds is 2. The predicted octanol–water partition coefficient (Wildman–Crippen LogP) is 3.39. The van der Waals surface area contributed by atoms with Crippen LogP contribution in [0.4, 0.5) is 0 Å². The lowest BCUT2D eigenvalue weighted by atomic mass is 9.92. The number of aromatic hydroxyl groups is 1. The summed E-state index contributed by atoms with van der Waals surface area (Å²) in [7, 11) is 0. The summed E-state index contributed by atoms with van der Waals surface area (Å²) in [6.07, 6.45) is 0.748. The summed E-state index contributed by atoms with van der Waals surface area (Å²) in [6, 6.07) is 13.5. The van der Waals surface area contributed by atoms with Crippen molar-refractivity contribution in [1.82, 2.24) is 10.3 Å². The molecular formula is C21H12N2O4. The first kappa shape index (κ1) is 15.3. The van der Waals surface area contributed by atoms with Gasteiger partial charge < -0.3 is 10.1 Å². The van der Waals surface area contributed by atoms with Crippen LogP contribution in [0.3, 0.4) is 0 Å². The molecule has 130 valence electrons. The van der Waals surface area contributed by atoms with Gasteiger partial charge >= 0.3 is 0 Å². The van der Waals surface area contributed by atoms with E-state index in [2.05, 4.69) is 10.3 Å². The molecule has 1 aliphatic rings. The zero-order chi connectivity index (χ0) is 18.7. The van der Waals surface area contributed by atoms with Crippen LogP contribution in [0.25, 0.3) is 32.9 Å². The number of nitrogens with one attached hydrogen (secondary N) is 2. The van der Waals surface area contributed by atoms with Crippen molar-refractivity contribution in [3.63, 3.8) is 0 Å². The Morgan fingerprint density at radius 3 is 2.33 bits per heavy atom. The summed E-state index contributed by atoms with van der Waals surface area (Å²) in [5, 5.41) is 13.5. The van der Waals surface area contributed by atoms with Crippen LogP contribution in [0, 0.1) is 0 Å². The van der Waals surface area contributed by atoms with Crippen molar-refractivity contribution in [2.75, 3.05) is 0 Å². The van der Waals surface area contributed by atoms with Gasteiger partial charge in [0.25, 0.3) is 11.8 Å². The van der Waals surface area contributed by atoms with Crippen molar-refractivity contribution < 1.29 is 19.5 Å². The van der Waals surface area contributed by atoms with Gasteiger partial charge in [-0.15, -0.1) is 0 Å². The highest BCUT2D eigenvalue weighted by Gasteiger charge is 2.33. The molecule has 1 aromatic heterocycles. The van der Waals surface area contributed by atoms with Gasteiger partial charge in [0.15, 0.2) is 0 Å². The van der Waals surface area contributed by atoms with E-state index < -0.39 is 11.8 Å². The zero-order valence-electron chi connectivity index (χ0n) is 13.9. The fourth-order valence-electron chi connectivity index (χ4n) is 3.71. The van der Waals surface area contributed by atoms with Gasteiger partial charge in [-0.3, -0.25) is 19.7 Å². The number of aromatic amines is 1. The number of phenolic OH excluding ortho intramolecular Hbond substituents is 1. The second-order valence-corrected chi connectivity index (χ2v) is 6.47. The molecule has 5 rings (SSSR count). The predicted molar refractivity (Wildman–Crippen MR) is 100 cm³/mol. The first-order chi connectivity index (χ1) is 13.1. The molecule has 3 N–H and O–H groups in total. The van der Waals surface area contributed by atoms with Crippen LogP contribution in [-0.4, -0.2) is 28.2 Å². The standard InChI is InChI=1S/C21H12N2O4/c24-9-10-1-3-11(4-2-10)13-8-16-17(19-18(13)20(26)23-21(19)27)14-7-12(25)5-6-15(14)22-16/h1-9,22,25H,(H,23,26,27). The minimum Gasteiger partial charge on any atom is -0.508 e. The Morgan fingerprint density at radius 1 is 0.852 bits per heavy atom. The first-order valence-electron chi connectivity index (χ1n) is 8.29. The third-order valence-electron chi connectivity index (χ3n) is 4.91. The van der Waals surface area contributed by atoms with Crippen molar-refractivity contribution >= 4 is 39.9 Å². The Balaban J connectivity index is 1.91. The fraction of sp³-hybridized carbons (Fsp3) is 0. The molecule has 0 saturated carbocycles. The van der Waals surface area contributed by atoms with E-state index >= 15 is 0 Å². The molecule has 2 heterocycles. The monoisotopic (exact) mass is 356 g/mol. The number of benzene rings is 3. The molecular weight excluding hydrogens is 344 g/mol. The third-order valence-corrected chi connectivity index (χ3v) is 4.91. The average Bonchev–Trinajstić information content (AvgIpc) is 3.17. The Labute approximate surface area is 152 Å². The van der Waals surface area contributed by atoms with E-state index in [1.165, 1.54) is 0 Å². The molecule has 0 radical (unpaired) electrons. The minimum absolute atomic E-state index is 0.0791. The van der Waals surface area contributed by atoms with Crippen LogP contribution in [0.1, 0.15) is 31.1 Å². The first-order valence-corrected chi connectivity index (χ1v) is 8.29. The third kappa shape index (κ3) is 2.10. The lowest BCUT2D eigenvalue weighted by Gasteiger charge is -2.08. The highest BCUT2D eigenvalue weighted by Crippen LogP contribution is 2.39. The molecule has 6 nitrogen and oxygen atoms in total. The number of fused-ring (bicyclic) bond motifs is 5. The van der Waals surface area contributed by atoms with Crippen molar-refractivity contribution in [3.05, 3.63) is 65.2 Å². The number of imide groups is 1. The van der Waals surface area contributed by atoms with Crippen LogP contribution in [0.2, 0.25) is 0 Å². The lowest BCUT2D eigenvalue weighted by Crippen LogP contribution is -2.20. The van der Waals surface area contributed by atoms with E-state index in [9.17, 15) is 19.5 Å². The Morgan fingerprint density at radius 2 is 1.59 bits per heavy atom. The van der Waals surface area contributed by atoms with E-state index in [4.69, 9.17) is 0 Å². The number of amides is 2. The smallest absolute Gasteiger partial charge is 0.259 e. The van der Waals surface area contributed by atoms with E-state index in [1.54, 1.807) is 42.5 Å². The van der Waals surface area contributed by atoms with Crippen molar-refractivity contribution in [2.45, 2.75) is 0 Å². The normalized spacial score (nSPS) is 13.2. The van der Waals surface area contributed by atoms with Gasteiger partial charge in [-0.25, -0.2) is 0 Å². The highest BCUT2D eigenvalue weighted by molar-refractivity contribution is 6.32. The number of hydrogen-bond acceptors (Lipinski definition) is 4. The molecule has 27 heavy (non-hydrogen) atoms.